The van der Waals surface area contributed by atoms with Crippen molar-refractivity contribution in [3.05, 3.63) is 0 Å². The Morgan fingerprint density at radius 1 is 1.21 bits per heavy atom. The Morgan fingerprint density at radius 2 is 1.86 bits per heavy atom. The van der Waals surface area contributed by atoms with Gasteiger partial charge >= 0.3 is 0 Å². The maximum absolute atomic E-state index is 9.56. The minimum atomic E-state index is -0.794. The van der Waals surface area contributed by atoms with Gasteiger partial charge in [0.15, 0.2) is 0 Å². The second-order valence-electron chi connectivity index (χ2n) is 4.04. The molecule has 5 N–H and O–H groups in total. The summed E-state index contributed by atoms with van der Waals surface area (Å²) in [6.45, 7) is -0.373. The summed E-state index contributed by atoms with van der Waals surface area (Å²) in [5, 5.41) is 39.7. The molecule has 5 heteroatoms. The summed E-state index contributed by atoms with van der Waals surface area (Å²) in [5.74, 6) is 0. The van der Waals surface area contributed by atoms with E-state index in [4.69, 9.17) is 15.3 Å². The van der Waals surface area contributed by atoms with Gasteiger partial charge in [-0.2, -0.15) is 0 Å². The molecule has 5 nitrogen and oxygen atoms in total. The number of aliphatic hydroxyl groups is 4. The van der Waals surface area contributed by atoms with Crippen LogP contribution in [0.15, 0.2) is 0 Å². The predicted octanol–water partition coefficient (Wildman–Crippen LogP) is -1.79. The lowest BCUT2D eigenvalue weighted by atomic mass is 9.84. The first-order chi connectivity index (χ1) is 6.65. The summed E-state index contributed by atoms with van der Waals surface area (Å²) in [7, 11) is 0. The fraction of sp³-hybridized carbons (Fsp3) is 1.00. The lowest BCUT2D eigenvalue weighted by Crippen LogP contribution is -2.61. The highest BCUT2D eigenvalue weighted by Gasteiger charge is 2.38. The van der Waals surface area contributed by atoms with Crippen molar-refractivity contribution in [2.75, 3.05) is 19.8 Å². The Kier molecular flexibility index (Phi) is 4.28. The minimum absolute atomic E-state index is 0.0388. The zero-order valence-electron chi connectivity index (χ0n) is 8.19. The first-order valence-electron chi connectivity index (χ1n) is 4.94. The van der Waals surface area contributed by atoms with E-state index in [1.54, 1.807) is 0 Å². The van der Waals surface area contributed by atoms with Gasteiger partial charge in [-0.1, -0.05) is 0 Å². The molecule has 0 aromatic rings. The predicted molar refractivity (Wildman–Crippen MR) is 50.8 cm³/mol. The summed E-state index contributed by atoms with van der Waals surface area (Å²) >= 11 is 0. The van der Waals surface area contributed by atoms with Crippen molar-refractivity contribution in [3.63, 3.8) is 0 Å². The van der Waals surface area contributed by atoms with Crippen LogP contribution in [0.25, 0.3) is 0 Å². The third kappa shape index (κ3) is 2.65. The first kappa shape index (κ1) is 11.9. The van der Waals surface area contributed by atoms with Gasteiger partial charge in [-0.15, -0.1) is 0 Å². The zero-order chi connectivity index (χ0) is 10.6. The van der Waals surface area contributed by atoms with E-state index in [0.29, 0.717) is 19.3 Å². The maximum atomic E-state index is 9.56. The summed E-state index contributed by atoms with van der Waals surface area (Å²) in [6, 6.07) is -0.0388. The van der Waals surface area contributed by atoms with Gasteiger partial charge in [0.1, 0.15) is 0 Å². The molecule has 84 valence electrons. The van der Waals surface area contributed by atoms with Crippen LogP contribution < -0.4 is 5.32 Å². The molecular formula is C9H19NO4. The van der Waals surface area contributed by atoms with Gasteiger partial charge in [0.05, 0.1) is 24.9 Å². The van der Waals surface area contributed by atoms with Crippen molar-refractivity contribution < 1.29 is 20.4 Å². The molecule has 1 aliphatic rings. The number of hydrogen-bond donors (Lipinski definition) is 5. The average Bonchev–Trinajstić information content (AvgIpc) is 2.17. The van der Waals surface area contributed by atoms with Crippen LogP contribution in [0.2, 0.25) is 0 Å². The van der Waals surface area contributed by atoms with Gasteiger partial charge in [0.2, 0.25) is 0 Å². The normalized spacial score (nSPS) is 31.7. The summed E-state index contributed by atoms with van der Waals surface area (Å²) in [6.07, 6.45) is 0.912. The van der Waals surface area contributed by atoms with Crippen molar-refractivity contribution in [2.45, 2.75) is 36.9 Å². The fourth-order valence-corrected chi connectivity index (χ4v) is 2.03. The van der Waals surface area contributed by atoms with Crippen LogP contribution in [0.3, 0.4) is 0 Å². The molecule has 0 aliphatic carbocycles. The van der Waals surface area contributed by atoms with E-state index in [0.717, 1.165) is 0 Å². The van der Waals surface area contributed by atoms with Crippen LogP contribution >= 0.6 is 0 Å². The Bertz CT molecular complexity index is 172. The van der Waals surface area contributed by atoms with E-state index < -0.39 is 11.6 Å². The van der Waals surface area contributed by atoms with Gasteiger partial charge in [-0.05, 0) is 19.3 Å². The largest absolute Gasteiger partial charge is 0.396 e. The van der Waals surface area contributed by atoms with E-state index >= 15 is 0 Å². The molecule has 0 saturated carbocycles. The molecule has 14 heavy (non-hydrogen) atoms. The van der Waals surface area contributed by atoms with Crippen LogP contribution in [0.4, 0.5) is 0 Å². The number of piperidine rings is 1. The Hall–Kier alpha value is -0.200. The van der Waals surface area contributed by atoms with E-state index in [1.807, 2.05) is 0 Å². The Morgan fingerprint density at radius 3 is 2.36 bits per heavy atom. The van der Waals surface area contributed by atoms with E-state index in [2.05, 4.69) is 5.32 Å². The number of nitrogens with one attached hydrogen (secondary N) is 1. The molecule has 1 fully saturated rings. The number of aliphatic hydroxyl groups excluding tert-OH is 4. The van der Waals surface area contributed by atoms with Crippen molar-refractivity contribution >= 4 is 0 Å². The van der Waals surface area contributed by atoms with Gasteiger partial charge < -0.3 is 25.7 Å². The molecule has 0 bridgehead atoms. The Balaban J connectivity index is 2.60. The zero-order valence-corrected chi connectivity index (χ0v) is 8.19. The van der Waals surface area contributed by atoms with Gasteiger partial charge in [0, 0.05) is 12.6 Å². The van der Waals surface area contributed by atoms with Crippen LogP contribution in [0.1, 0.15) is 19.3 Å². The Labute approximate surface area is 83.4 Å². The lowest BCUT2D eigenvalue weighted by Gasteiger charge is -2.42. The first-order valence-corrected chi connectivity index (χ1v) is 4.94. The van der Waals surface area contributed by atoms with Crippen molar-refractivity contribution in [1.82, 2.24) is 5.32 Å². The monoisotopic (exact) mass is 205 g/mol. The second-order valence-corrected chi connectivity index (χ2v) is 4.04. The fourth-order valence-electron chi connectivity index (χ4n) is 2.03. The standard InChI is InChI=1S/C9H19NO4/c11-2-1-7-3-8(14)4-9(5-12,6-13)10-7/h7-8,10-14H,1-6H2/t7-,8+/m0/s1. The van der Waals surface area contributed by atoms with Crippen LogP contribution in [-0.2, 0) is 0 Å². The third-order valence-corrected chi connectivity index (χ3v) is 2.78. The maximum Gasteiger partial charge on any atom is 0.0674 e. The molecule has 0 aromatic carbocycles. The van der Waals surface area contributed by atoms with E-state index in [-0.39, 0.29) is 25.9 Å². The van der Waals surface area contributed by atoms with Crippen molar-refractivity contribution in [3.8, 4) is 0 Å². The highest BCUT2D eigenvalue weighted by molar-refractivity contribution is 4.97. The molecule has 0 spiro atoms. The van der Waals surface area contributed by atoms with E-state index in [9.17, 15) is 5.11 Å². The van der Waals surface area contributed by atoms with E-state index in [1.165, 1.54) is 0 Å². The molecule has 1 saturated heterocycles. The van der Waals surface area contributed by atoms with Crippen molar-refractivity contribution in [2.24, 2.45) is 0 Å². The minimum Gasteiger partial charge on any atom is -0.396 e. The summed E-state index contributed by atoms with van der Waals surface area (Å²) in [5.41, 5.74) is -0.794. The molecule has 0 unspecified atom stereocenters. The average molecular weight is 205 g/mol. The quantitative estimate of drug-likeness (QED) is 0.373. The topological polar surface area (TPSA) is 93.0 Å². The van der Waals surface area contributed by atoms with Gasteiger partial charge in [-0.3, -0.25) is 0 Å². The molecule has 0 aromatic heterocycles. The smallest absolute Gasteiger partial charge is 0.0674 e. The van der Waals surface area contributed by atoms with Crippen LogP contribution in [0.5, 0.6) is 0 Å². The van der Waals surface area contributed by atoms with Crippen molar-refractivity contribution in [1.29, 1.82) is 0 Å². The third-order valence-electron chi connectivity index (χ3n) is 2.78. The molecule has 1 aliphatic heterocycles. The molecule has 2 atom stereocenters. The number of rotatable bonds is 4. The highest BCUT2D eigenvalue weighted by atomic mass is 16.3. The molecule has 0 amide bonds. The molecular weight excluding hydrogens is 186 g/mol. The highest BCUT2D eigenvalue weighted by Crippen LogP contribution is 2.23. The summed E-state index contributed by atoms with van der Waals surface area (Å²) < 4.78 is 0. The molecule has 1 rings (SSSR count). The molecule has 1 heterocycles. The van der Waals surface area contributed by atoms with Crippen LogP contribution in [-0.4, -0.2) is 57.9 Å². The van der Waals surface area contributed by atoms with Gasteiger partial charge in [-0.25, -0.2) is 0 Å². The lowest BCUT2D eigenvalue weighted by molar-refractivity contribution is -0.00906. The summed E-state index contributed by atoms with van der Waals surface area (Å²) in [4.78, 5) is 0. The second kappa shape index (κ2) is 5.04. The SMILES string of the molecule is OCC[C@H]1C[C@@H](O)CC(CO)(CO)N1. The molecule has 0 radical (unpaired) electrons. The van der Waals surface area contributed by atoms with Gasteiger partial charge in [0.25, 0.3) is 0 Å². The van der Waals surface area contributed by atoms with Crippen LogP contribution in [0, 0.1) is 0 Å². The number of hydrogen-bond acceptors (Lipinski definition) is 5.